The molecule has 2 aromatic carbocycles. The first-order valence-corrected chi connectivity index (χ1v) is 12.0. The molecule has 0 aliphatic heterocycles. The summed E-state index contributed by atoms with van der Waals surface area (Å²) in [5.74, 6) is -0.137. The van der Waals surface area contributed by atoms with E-state index in [0.29, 0.717) is 29.1 Å². The fourth-order valence-electron chi connectivity index (χ4n) is 3.58. The molecule has 33 heavy (non-hydrogen) atoms. The van der Waals surface area contributed by atoms with Crippen molar-refractivity contribution in [1.82, 2.24) is 15.6 Å². The molecule has 1 unspecified atom stereocenters. The Kier molecular flexibility index (Phi) is 7.08. The Balaban J connectivity index is 1.47. The minimum absolute atomic E-state index is 0.00681. The van der Waals surface area contributed by atoms with Gasteiger partial charge in [-0.3, -0.25) is 14.4 Å². The summed E-state index contributed by atoms with van der Waals surface area (Å²) in [5, 5.41) is 6.93. The van der Waals surface area contributed by atoms with Gasteiger partial charge in [0.15, 0.2) is 5.78 Å². The maximum absolute atomic E-state index is 13.0. The van der Waals surface area contributed by atoms with Gasteiger partial charge in [-0.15, -0.1) is 0 Å². The maximum atomic E-state index is 13.0. The van der Waals surface area contributed by atoms with Crippen molar-refractivity contribution < 1.29 is 14.4 Å². The molecule has 6 nitrogen and oxygen atoms in total. The van der Waals surface area contributed by atoms with Crippen LogP contribution in [0.5, 0.6) is 0 Å². The highest BCUT2D eigenvalue weighted by Crippen LogP contribution is 2.29. The number of thioether (sulfide) groups is 1. The molecular weight excluding hydrogens is 434 g/mol. The van der Waals surface area contributed by atoms with Crippen molar-refractivity contribution >= 4 is 40.3 Å². The Morgan fingerprint density at radius 2 is 1.82 bits per heavy atom. The fourth-order valence-corrected chi connectivity index (χ4v) is 4.52. The number of hydrogen-bond acceptors (Lipinski definition) is 5. The molecular formula is C26H27N3O3S. The number of benzene rings is 2. The van der Waals surface area contributed by atoms with Crippen LogP contribution in [0, 0.1) is 0 Å². The predicted octanol–water partition coefficient (Wildman–Crippen LogP) is 4.17. The van der Waals surface area contributed by atoms with Gasteiger partial charge in [-0.05, 0) is 43.9 Å². The molecule has 1 heterocycles. The lowest BCUT2D eigenvalue weighted by molar-refractivity contribution is -0.118. The Labute approximate surface area is 197 Å². The molecule has 1 aliphatic rings. The van der Waals surface area contributed by atoms with Crippen LogP contribution in [0.3, 0.4) is 0 Å². The molecule has 170 valence electrons. The molecule has 1 aromatic heterocycles. The Hall–Kier alpha value is -3.19. The number of aromatic nitrogens is 1. The van der Waals surface area contributed by atoms with E-state index in [0.717, 1.165) is 29.3 Å². The first-order chi connectivity index (χ1) is 15.9. The van der Waals surface area contributed by atoms with Gasteiger partial charge < -0.3 is 10.6 Å². The Morgan fingerprint density at radius 3 is 2.52 bits per heavy atom. The van der Waals surface area contributed by atoms with Crippen molar-refractivity contribution in [2.24, 2.45) is 0 Å². The van der Waals surface area contributed by atoms with E-state index in [2.05, 4.69) is 15.6 Å². The smallest absolute Gasteiger partial charge is 0.252 e. The van der Waals surface area contributed by atoms with Gasteiger partial charge in [-0.2, -0.15) is 0 Å². The first-order valence-electron chi connectivity index (χ1n) is 11.2. The fraction of sp³-hybridized carbons (Fsp3) is 0.308. The standard InChI is InChI=1S/C26H27N3O3S/c1-16(25(31)19-9-7-18(8-10-19)13-14-27-17(2)30)33-24-15-22(26(32)28-20-11-12-20)21-5-3-4-6-23(21)29-24/h3-10,15-16,20H,11-14H2,1-2H3,(H,27,30)(H,28,32). The molecule has 0 saturated heterocycles. The van der Waals surface area contributed by atoms with Crippen LogP contribution in [-0.4, -0.2) is 40.4 Å². The van der Waals surface area contributed by atoms with Crippen molar-refractivity contribution in [3.63, 3.8) is 0 Å². The van der Waals surface area contributed by atoms with Crippen LogP contribution in [0.1, 0.15) is 53.0 Å². The maximum Gasteiger partial charge on any atom is 0.252 e. The first kappa shape index (κ1) is 23.0. The van der Waals surface area contributed by atoms with Gasteiger partial charge in [0.25, 0.3) is 5.91 Å². The molecule has 0 bridgehead atoms. The number of rotatable bonds is 9. The van der Waals surface area contributed by atoms with Gasteiger partial charge in [0.1, 0.15) is 0 Å². The third kappa shape index (κ3) is 5.99. The minimum atomic E-state index is -0.358. The number of pyridine rings is 1. The second-order valence-electron chi connectivity index (χ2n) is 8.33. The lowest BCUT2D eigenvalue weighted by Gasteiger charge is -2.13. The summed E-state index contributed by atoms with van der Waals surface area (Å²) in [5.41, 5.74) is 3.03. The quantitative estimate of drug-likeness (QED) is 0.369. The highest BCUT2D eigenvalue weighted by Gasteiger charge is 2.25. The highest BCUT2D eigenvalue weighted by molar-refractivity contribution is 8.00. The summed E-state index contributed by atoms with van der Waals surface area (Å²) in [6.45, 7) is 3.92. The van der Waals surface area contributed by atoms with E-state index in [1.807, 2.05) is 55.5 Å². The molecule has 2 N–H and O–H groups in total. The third-order valence-electron chi connectivity index (χ3n) is 5.54. The lowest BCUT2D eigenvalue weighted by atomic mass is 10.0. The molecule has 1 aliphatic carbocycles. The number of para-hydroxylation sites is 1. The second kappa shape index (κ2) is 10.2. The van der Waals surface area contributed by atoms with Crippen molar-refractivity contribution in [2.75, 3.05) is 6.54 Å². The summed E-state index contributed by atoms with van der Waals surface area (Å²) >= 11 is 1.36. The van der Waals surface area contributed by atoms with Gasteiger partial charge in [-0.25, -0.2) is 4.98 Å². The van der Waals surface area contributed by atoms with E-state index >= 15 is 0 Å². The van der Waals surface area contributed by atoms with Crippen LogP contribution in [0.2, 0.25) is 0 Å². The Morgan fingerprint density at radius 1 is 1.09 bits per heavy atom. The molecule has 1 fully saturated rings. The molecule has 0 spiro atoms. The number of carbonyl (C=O) groups excluding carboxylic acids is 3. The van der Waals surface area contributed by atoms with Crippen LogP contribution in [0.4, 0.5) is 0 Å². The van der Waals surface area contributed by atoms with Crippen LogP contribution in [0.15, 0.2) is 59.6 Å². The van der Waals surface area contributed by atoms with Crippen LogP contribution in [0.25, 0.3) is 10.9 Å². The SMILES string of the molecule is CC(=O)NCCc1ccc(C(=O)C(C)Sc2cc(C(=O)NC3CC3)c3ccccc3n2)cc1. The normalized spacial score (nSPS) is 14.0. The number of ketones is 1. The third-order valence-corrected chi connectivity index (χ3v) is 6.56. The van der Waals surface area contributed by atoms with Crippen molar-refractivity contribution in [3.05, 3.63) is 71.3 Å². The monoisotopic (exact) mass is 461 g/mol. The number of fused-ring (bicyclic) bond motifs is 1. The summed E-state index contributed by atoms with van der Waals surface area (Å²) < 4.78 is 0. The van der Waals surface area contributed by atoms with Gasteiger partial charge in [0, 0.05) is 30.5 Å². The summed E-state index contributed by atoms with van der Waals surface area (Å²) in [4.78, 5) is 41.5. The number of carbonyl (C=O) groups is 3. The number of nitrogens with one attached hydrogen (secondary N) is 2. The van der Waals surface area contributed by atoms with Crippen molar-refractivity contribution in [1.29, 1.82) is 0 Å². The average molecular weight is 462 g/mol. The zero-order chi connectivity index (χ0) is 23.4. The van der Waals surface area contributed by atoms with E-state index in [9.17, 15) is 14.4 Å². The zero-order valence-corrected chi connectivity index (χ0v) is 19.6. The number of amides is 2. The number of hydrogen-bond donors (Lipinski definition) is 2. The largest absolute Gasteiger partial charge is 0.356 e. The summed E-state index contributed by atoms with van der Waals surface area (Å²) in [7, 11) is 0. The van der Waals surface area contributed by atoms with Crippen molar-refractivity contribution in [3.8, 4) is 0 Å². The van der Waals surface area contributed by atoms with E-state index < -0.39 is 0 Å². The van der Waals surface area contributed by atoms with E-state index in [-0.39, 0.29) is 28.9 Å². The molecule has 3 aromatic rings. The predicted molar refractivity (Wildman–Crippen MR) is 131 cm³/mol. The number of nitrogens with zero attached hydrogens (tertiary/aromatic N) is 1. The van der Waals surface area contributed by atoms with Gasteiger partial charge in [0.05, 0.1) is 21.4 Å². The Bertz CT molecular complexity index is 1190. The van der Waals surface area contributed by atoms with E-state index in [1.165, 1.54) is 18.7 Å². The van der Waals surface area contributed by atoms with Gasteiger partial charge in [-0.1, -0.05) is 54.2 Å². The highest BCUT2D eigenvalue weighted by atomic mass is 32.2. The average Bonchev–Trinajstić information content (AvgIpc) is 3.62. The molecule has 0 radical (unpaired) electrons. The molecule has 7 heteroatoms. The summed E-state index contributed by atoms with van der Waals surface area (Å²) in [6.07, 6.45) is 2.76. The number of Topliss-reactive ketones (excluding diaryl/α,β-unsaturated/α-hetero) is 1. The molecule has 4 rings (SSSR count). The molecule has 2 amide bonds. The topological polar surface area (TPSA) is 88.2 Å². The zero-order valence-electron chi connectivity index (χ0n) is 18.8. The molecule has 1 atom stereocenters. The minimum Gasteiger partial charge on any atom is -0.356 e. The van der Waals surface area contributed by atoms with Gasteiger partial charge >= 0.3 is 0 Å². The van der Waals surface area contributed by atoms with Crippen LogP contribution < -0.4 is 10.6 Å². The van der Waals surface area contributed by atoms with Crippen molar-refractivity contribution in [2.45, 2.75) is 49.4 Å². The summed E-state index contributed by atoms with van der Waals surface area (Å²) in [6, 6.07) is 17.1. The second-order valence-corrected chi connectivity index (χ2v) is 9.69. The van der Waals surface area contributed by atoms with E-state index in [1.54, 1.807) is 6.07 Å². The lowest BCUT2D eigenvalue weighted by Crippen LogP contribution is -2.25. The van der Waals surface area contributed by atoms with E-state index in [4.69, 9.17) is 0 Å². The van der Waals surface area contributed by atoms with Crippen LogP contribution in [-0.2, 0) is 11.2 Å². The van der Waals surface area contributed by atoms with Crippen LogP contribution >= 0.6 is 11.8 Å². The van der Waals surface area contributed by atoms with Gasteiger partial charge in [0.2, 0.25) is 5.91 Å². The molecule has 1 saturated carbocycles.